The highest BCUT2D eigenvalue weighted by Gasteiger charge is 2.24. The van der Waals surface area contributed by atoms with Gasteiger partial charge < -0.3 is 29.9 Å². The van der Waals surface area contributed by atoms with E-state index in [9.17, 15) is 19.1 Å². The van der Waals surface area contributed by atoms with Crippen LogP contribution in [0.5, 0.6) is 5.75 Å². The van der Waals surface area contributed by atoms with E-state index >= 15 is 0 Å². The van der Waals surface area contributed by atoms with Crippen molar-refractivity contribution in [2.24, 2.45) is 0 Å². The summed E-state index contributed by atoms with van der Waals surface area (Å²) in [7, 11) is 1.52. The number of halogens is 1. The number of anilines is 1. The van der Waals surface area contributed by atoms with E-state index in [1.165, 1.54) is 24.1 Å². The predicted molar refractivity (Wildman–Crippen MR) is 164 cm³/mol. The van der Waals surface area contributed by atoms with Gasteiger partial charge >= 0.3 is 6.09 Å². The third-order valence-corrected chi connectivity index (χ3v) is 7.88. The van der Waals surface area contributed by atoms with Crippen molar-refractivity contribution < 1.29 is 23.8 Å². The van der Waals surface area contributed by atoms with Crippen LogP contribution < -0.4 is 15.0 Å². The van der Waals surface area contributed by atoms with Crippen molar-refractivity contribution in [3.8, 4) is 16.9 Å². The lowest BCUT2D eigenvalue weighted by atomic mass is 10.00. The number of aromatic amines is 1. The molecule has 5 aromatic rings. The fourth-order valence-electron chi connectivity index (χ4n) is 5.58. The second-order valence-electron chi connectivity index (χ2n) is 10.5. The Morgan fingerprint density at radius 3 is 2.37 bits per heavy atom. The maximum atomic E-state index is 14.5. The Bertz CT molecular complexity index is 1740. The van der Waals surface area contributed by atoms with Crippen LogP contribution in [0.4, 0.5) is 14.9 Å². The van der Waals surface area contributed by atoms with Crippen molar-refractivity contribution in [2.45, 2.75) is 6.04 Å². The van der Waals surface area contributed by atoms with E-state index < -0.39 is 18.0 Å². The molecule has 1 aliphatic rings. The summed E-state index contributed by atoms with van der Waals surface area (Å²) in [6.45, 7) is 2.20. The zero-order valence-corrected chi connectivity index (χ0v) is 23.6. The topological polar surface area (TPSA) is 97.9 Å². The number of amides is 2. The van der Waals surface area contributed by atoms with Crippen molar-refractivity contribution in [2.75, 3.05) is 38.2 Å². The summed E-state index contributed by atoms with van der Waals surface area (Å²) in [5.41, 5.74) is 5.41. The van der Waals surface area contributed by atoms with E-state index in [0.717, 1.165) is 27.7 Å². The average Bonchev–Trinajstić information content (AvgIpc) is 3.48. The van der Waals surface area contributed by atoms with Crippen molar-refractivity contribution in [1.82, 2.24) is 15.2 Å². The fraction of sp³-hybridized carbons (Fsp3) is 0.176. The first-order valence-electron chi connectivity index (χ1n) is 14.0. The van der Waals surface area contributed by atoms with Crippen molar-refractivity contribution in [1.29, 1.82) is 0 Å². The van der Waals surface area contributed by atoms with Gasteiger partial charge in [-0.05, 0) is 71.1 Å². The van der Waals surface area contributed by atoms with E-state index in [1.807, 2.05) is 72.8 Å². The number of carbonyl (C=O) groups excluding carboxylic acids is 1. The Kier molecular flexibility index (Phi) is 7.70. The van der Waals surface area contributed by atoms with Gasteiger partial charge in [0.05, 0.1) is 13.2 Å². The number of para-hydroxylation sites is 1. The highest BCUT2D eigenvalue weighted by molar-refractivity contribution is 5.96. The number of piperazine rings is 1. The molecule has 1 aliphatic heterocycles. The Balaban J connectivity index is 1.25. The highest BCUT2D eigenvalue weighted by atomic mass is 19.1. The summed E-state index contributed by atoms with van der Waals surface area (Å²) in [4.78, 5) is 31.9. The van der Waals surface area contributed by atoms with E-state index in [1.54, 1.807) is 12.1 Å². The van der Waals surface area contributed by atoms with E-state index in [4.69, 9.17) is 4.74 Å². The largest absolute Gasteiger partial charge is 0.496 e. The number of aromatic nitrogens is 1. The molecule has 8 nitrogen and oxygen atoms in total. The summed E-state index contributed by atoms with van der Waals surface area (Å²) >= 11 is 0. The molecule has 2 amide bonds. The summed E-state index contributed by atoms with van der Waals surface area (Å²) in [5.74, 6) is -0.284. The minimum atomic E-state index is -0.887. The van der Waals surface area contributed by atoms with Gasteiger partial charge in [-0.1, -0.05) is 42.5 Å². The fourth-order valence-corrected chi connectivity index (χ4v) is 5.58. The van der Waals surface area contributed by atoms with Crippen LogP contribution in [-0.4, -0.2) is 60.3 Å². The number of carboxylic acid groups (broad SMARTS) is 1. The Hall–Kier alpha value is -5.31. The molecule has 0 bridgehead atoms. The zero-order chi connectivity index (χ0) is 29.9. The Morgan fingerprint density at radius 1 is 0.884 bits per heavy atom. The maximum absolute atomic E-state index is 14.5. The zero-order valence-electron chi connectivity index (χ0n) is 23.6. The third kappa shape index (κ3) is 5.88. The number of carbonyl (C=O) groups is 2. The van der Waals surface area contributed by atoms with Gasteiger partial charge in [-0.25, -0.2) is 9.18 Å². The second-order valence-corrected chi connectivity index (χ2v) is 10.5. The lowest BCUT2D eigenvalue weighted by Crippen LogP contribution is -2.48. The Morgan fingerprint density at radius 2 is 1.65 bits per heavy atom. The third-order valence-electron chi connectivity index (χ3n) is 7.88. The number of hydrogen-bond acceptors (Lipinski definition) is 4. The van der Waals surface area contributed by atoms with Crippen LogP contribution in [0.15, 0.2) is 97.1 Å². The van der Waals surface area contributed by atoms with Gasteiger partial charge in [-0.15, -0.1) is 0 Å². The summed E-state index contributed by atoms with van der Waals surface area (Å²) < 4.78 is 20.0. The minimum absolute atomic E-state index is 0.315. The first kappa shape index (κ1) is 27.8. The molecule has 1 aromatic heterocycles. The summed E-state index contributed by atoms with van der Waals surface area (Å²) in [6, 6.07) is 28.7. The quantitative estimate of drug-likeness (QED) is 0.211. The molecular weight excluding hydrogens is 547 g/mol. The van der Waals surface area contributed by atoms with Gasteiger partial charge in [0.2, 0.25) is 0 Å². The Labute approximate surface area is 248 Å². The number of ether oxygens (including phenoxy) is 1. The monoisotopic (exact) mass is 578 g/mol. The smallest absolute Gasteiger partial charge is 0.407 e. The lowest BCUT2D eigenvalue weighted by Gasteiger charge is -2.34. The molecule has 43 heavy (non-hydrogen) atoms. The number of nitrogens with zero attached hydrogens (tertiary/aromatic N) is 2. The highest BCUT2D eigenvalue weighted by Crippen LogP contribution is 2.33. The first-order valence-corrected chi connectivity index (χ1v) is 14.0. The molecule has 6 rings (SSSR count). The average molecular weight is 579 g/mol. The molecule has 0 radical (unpaired) electrons. The second kappa shape index (κ2) is 11.9. The lowest BCUT2D eigenvalue weighted by molar-refractivity contribution is 0.0942. The van der Waals surface area contributed by atoms with Gasteiger partial charge in [0.15, 0.2) is 0 Å². The van der Waals surface area contributed by atoms with Gasteiger partial charge in [0.1, 0.15) is 11.6 Å². The molecule has 2 heterocycles. The first-order chi connectivity index (χ1) is 20.9. The molecule has 0 aliphatic carbocycles. The molecule has 9 heteroatoms. The predicted octanol–water partition coefficient (Wildman–Crippen LogP) is 6.30. The number of methoxy groups -OCH3 is 1. The number of hydrogen-bond donors (Lipinski definition) is 3. The van der Waals surface area contributed by atoms with Gasteiger partial charge in [-0.2, -0.15) is 0 Å². The molecule has 0 saturated carbocycles. The molecule has 0 spiro atoms. The SMILES string of the molecule is COc1ccc(F)cc1[C@@H](NC(=O)c1cccc(-c2ccc(N3CCN(C(=O)O)CC3)cc2)c1)c1cc2ccccc2[nH]1. The molecule has 1 saturated heterocycles. The van der Waals surface area contributed by atoms with Gasteiger partial charge in [0.25, 0.3) is 5.91 Å². The van der Waals surface area contributed by atoms with Gasteiger partial charge in [-0.3, -0.25) is 4.79 Å². The molecular formula is C34H31FN4O4. The normalized spacial score (nSPS) is 14.0. The van der Waals surface area contributed by atoms with Crippen LogP contribution in [0.25, 0.3) is 22.0 Å². The molecule has 218 valence electrons. The number of nitrogens with one attached hydrogen (secondary N) is 2. The van der Waals surface area contributed by atoms with Crippen LogP contribution in [0.2, 0.25) is 0 Å². The standard InChI is InChI=1S/C34H31FN4O4/c1-43-31-14-11-26(35)21-28(31)32(30-20-24-5-2-3-8-29(24)36-30)37-33(40)25-7-4-6-23(19-25)22-9-12-27(13-10-22)38-15-17-39(18-16-38)34(41)42/h2-14,19-21,32,36H,15-18H2,1H3,(H,37,40)(H,41,42)/t32-/m1/s1. The van der Waals surface area contributed by atoms with E-state index in [-0.39, 0.29) is 5.91 Å². The van der Waals surface area contributed by atoms with Crippen LogP contribution in [0.3, 0.4) is 0 Å². The maximum Gasteiger partial charge on any atom is 0.407 e. The number of rotatable bonds is 7. The number of H-pyrrole nitrogens is 1. The number of benzene rings is 4. The summed E-state index contributed by atoms with van der Waals surface area (Å²) in [5, 5.41) is 13.3. The van der Waals surface area contributed by atoms with Crippen molar-refractivity contribution in [3.05, 3.63) is 120 Å². The molecule has 3 N–H and O–H groups in total. The van der Waals surface area contributed by atoms with Crippen LogP contribution >= 0.6 is 0 Å². The van der Waals surface area contributed by atoms with Crippen LogP contribution in [0.1, 0.15) is 27.7 Å². The minimum Gasteiger partial charge on any atom is -0.496 e. The van der Waals surface area contributed by atoms with Crippen LogP contribution in [0, 0.1) is 5.82 Å². The molecule has 0 unspecified atom stereocenters. The molecule has 1 fully saturated rings. The molecule has 1 atom stereocenters. The van der Waals surface area contributed by atoms with Crippen molar-refractivity contribution in [3.63, 3.8) is 0 Å². The van der Waals surface area contributed by atoms with E-state index in [0.29, 0.717) is 48.7 Å². The summed E-state index contributed by atoms with van der Waals surface area (Å²) in [6.07, 6.45) is -0.887. The molecule has 4 aromatic carbocycles. The van der Waals surface area contributed by atoms with E-state index in [2.05, 4.69) is 15.2 Å². The van der Waals surface area contributed by atoms with Crippen molar-refractivity contribution >= 4 is 28.6 Å². The number of fused-ring (bicyclic) bond motifs is 1. The van der Waals surface area contributed by atoms with Gasteiger partial charge in [0, 0.05) is 54.2 Å². The van der Waals surface area contributed by atoms with Crippen LogP contribution in [-0.2, 0) is 0 Å².